The lowest BCUT2D eigenvalue weighted by Gasteiger charge is -2.31. The second kappa shape index (κ2) is 5.29. The van der Waals surface area contributed by atoms with Crippen molar-refractivity contribution >= 4 is 0 Å². The van der Waals surface area contributed by atoms with Crippen LogP contribution in [-0.2, 0) is 6.18 Å². The van der Waals surface area contributed by atoms with Gasteiger partial charge in [0, 0.05) is 18.6 Å². The maximum atomic E-state index is 12.6. The minimum Gasteiger partial charge on any atom is -0.316 e. The van der Waals surface area contributed by atoms with Crippen molar-refractivity contribution in [3.8, 4) is 0 Å². The molecule has 0 aromatic heterocycles. The molecule has 2 aliphatic heterocycles. The number of likely N-dealkylation sites (tertiary alicyclic amines) is 1. The van der Waals surface area contributed by atoms with Crippen LogP contribution >= 0.6 is 0 Å². The van der Waals surface area contributed by atoms with Gasteiger partial charge in [-0.2, -0.15) is 13.2 Å². The Hall–Kier alpha value is -1.07. The summed E-state index contributed by atoms with van der Waals surface area (Å²) in [6.07, 6.45) is -4.26. The summed E-state index contributed by atoms with van der Waals surface area (Å²) in [6.45, 7) is 7.47. The normalized spacial score (nSPS) is 31.4. The third-order valence-electron chi connectivity index (χ3n) is 5.20. The van der Waals surface area contributed by atoms with E-state index in [2.05, 4.69) is 24.1 Å². The van der Waals surface area contributed by atoms with Gasteiger partial charge in [-0.15, -0.1) is 0 Å². The van der Waals surface area contributed by atoms with Gasteiger partial charge in [0.2, 0.25) is 0 Å². The molecule has 1 aromatic carbocycles. The molecule has 5 heteroatoms. The lowest BCUT2D eigenvalue weighted by Crippen LogP contribution is -2.35. The van der Waals surface area contributed by atoms with Crippen molar-refractivity contribution in [1.82, 2.24) is 10.2 Å². The second-order valence-corrected chi connectivity index (χ2v) is 6.32. The first-order valence-electron chi connectivity index (χ1n) is 7.51. The standard InChI is InChI=1S/C16H21F3N2/c1-10(12-3-5-14(6-4-12)16(17,18)19)21-9-13-7-20-8-15(13)11(21)2/h3-6,10-11,13,15,20H,7-9H2,1-2H3. The summed E-state index contributed by atoms with van der Waals surface area (Å²) in [5.41, 5.74) is 0.386. The van der Waals surface area contributed by atoms with Crippen molar-refractivity contribution in [2.75, 3.05) is 19.6 Å². The van der Waals surface area contributed by atoms with Crippen LogP contribution < -0.4 is 5.32 Å². The Labute approximate surface area is 123 Å². The average Bonchev–Trinajstić information content (AvgIpc) is 3.01. The van der Waals surface area contributed by atoms with E-state index in [9.17, 15) is 13.2 Å². The van der Waals surface area contributed by atoms with Crippen LogP contribution in [0.2, 0.25) is 0 Å². The quantitative estimate of drug-likeness (QED) is 0.901. The number of benzene rings is 1. The summed E-state index contributed by atoms with van der Waals surface area (Å²) in [5.74, 6) is 1.35. The van der Waals surface area contributed by atoms with Crippen LogP contribution in [0.25, 0.3) is 0 Å². The molecule has 1 N–H and O–H groups in total. The first kappa shape index (κ1) is 14.9. The molecule has 2 fully saturated rings. The predicted molar refractivity (Wildman–Crippen MR) is 75.9 cm³/mol. The lowest BCUT2D eigenvalue weighted by molar-refractivity contribution is -0.137. The van der Waals surface area contributed by atoms with Gasteiger partial charge in [-0.3, -0.25) is 4.90 Å². The van der Waals surface area contributed by atoms with E-state index in [1.807, 2.05) is 0 Å². The summed E-state index contributed by atoms with van der Waals surface area (Å²) < 4.78 is 37.9. The van der Waals surface area contributed by atoms with Gasteiger partial charge in [-0.25, -0.2) is 0 Å². The number of halogens is 3. The van der Waals surface area contributed by atoms with Crippen LogP contribution in [0.5, 0.6) is 0 Å². The number of fused-ring (bicyclic) bond motifs is 1. The molecule has 0 saturated carbocycles. The zero-order chi connectivity index (χ0) is 15.2. The van der Waals surface area contributed by atoms with Crippen molar-refractivity contribution in [2.24, 2.45) is 11.8 Å². The van der Waals surface area contributed by atoms with Crippen molar-refractivity contribution in [3.05, 3.63) is 35.4 Å². The van der Waals surface area contributed by atoms with E-state index in [-0.39, 0.29) is 6.04 Å². The Morgan fingerprint density at radius 3 is 2.43 bits per heavy atom. The molecule has 4 unspecified atom stereocenters. The molecule has 0 amide bonds. The van der Waals surface area contributed by atoms with E-state index in [1.54, 1.807) is 12.1 Å². The Morgan fingerprint density at radius 1 is 1.19 bits per heavy atom. The molecule has 0 bridgehead atoms. The van der Waals surface area contributed by atoms with Crippen LogP contribution in [0.1, 0.15) is 31.0 Å². The number of hydrogen-bond acceptors (Lipinski definition) is 2. The molecule has 2 heterocycles. The Balaban J connectivity index is 1.75. The summed E-state index contributed by atoms with van der Waals surface area (Å²) in [6, 6.07) is 6.25. The highest BCUT2D eigenvalue weighted by Gasteiger charge is 2.43. The number of hydrogen-bond donors (Lipinski definition) is 1. The van der Waals surface area contributed by atoms with Gasteiger partial charge in [0.05, 0.1) is 5.56 Å². The van der Waals surface area contributed by atoms with Gasteiger partial charge in [0.15, 0.2) is 0 Å². The van der Waals surface area contributed by atoms with Crippen molar-refractivity contribution in [2.45, 2.75) is 32.1 Å². The Morgan fingerprint density at radius 2 is 1.86 bits per heavy atom. The zero-order valence-corrected chi connectivity index (χ0v) is 12.3. The molecule has 0 aliphatic carbocycles. The molecule has 0 spiro atoms. The van der Waals surface area contributed by atoms with Crippen molar-refractivity contribution < 1.29 is 13.2 Å². The number of nitrogens with one attached hydrogen (secondary N) is 1. The van der Waals surface area contributed by atoms with Gasteiger partial charge in [-0.05, 0) is 56.5 Å². The van der Waals surface area contributed by atoms with Crippen LogP contribution in [0, 0.1) is 11.8 Å². The van der Waals surface area contributed by atoms with Crippen LogP contribution in [0.4, 0.5) is 13.2 Å². The highest BCUT2D eigenvalue weighted by Crippen LogP contribution is 2.38. The topological polar surface area (TPSA) is 15.3 Å². The van der Waals surface area contributed by atoms with Gasteiger partial charge in [-0.1, -0.05) is 12.1 Å². The SMILES string of the molecule is CC(c1ccc(C(F)(F)F)cc1)N1CC2CNCC2C1C. The fraction of sp³-hybridized carbons (Fsp3) is 0.625. The molecular weight excluding hydrogens is 277 g/mol. The molecule has 2 nitrogen and oxygen atoms in total. The summed E-state index contributed by atoms with van der Waals surface area (Å²) in [4.78, 5) is 2.43. The van der Waals surface area contributed by atoms with E-state index in [4.69, 9.17) is 0 Å². The van der Waals surface area contributed by atoms with E-state index >= 15 is 0 Å². The molecule has 1 aromatic rings. The number of alkyl halides is 3. The third-order valence-corrected chi connectivity index (χ3v) is 5.20. The first-order chi connectivity index (χ1) is 9.88. The zero-order valence-electron chi connectivity index (χ0n) is 12.3. The average molecular weight is 298 g/mol. The molecule has 116 valence electrons. The molecule has 0 radical (unpaired) electrons. The molecular formula is C16H21F3N2. The number of rotatable bonds is 2. The number of nitrogens with zero attached hydrogens (tertiary/aromatic N) is 1. The maximum Gasteiger partial charge on any atom is 0.416 e. The van der Waals surface area contributed by atoms with Crippen molar-refractivity contribution in [1.29, 1.82) is 0 Å². The molecule has 2 aliphatic rings. The van der Waals surface area contributed by atoms with Crippen LogP contribution in [0.15, 0.2) is 24.3 Å². The van der Waals surface area contributed by atoms with Gasteiger partial charge >= 0.3 is 6.18 Å². The lowest BCUT2D eigenvalue weighted by atomic mass is 9.95. The van der Waals surface area contributed by atoms with E-state index in [0.717, 1.165) is 25.2 Å². The van der Waals surface area contributed by atoms with Crippen LogP contribution in [0.3, 0.4) is 0 Å². The van der Waals surface area contributed by atoms with Gasteiger partial charge < -0.3 is 5.32 Å². The molecule has 21 heavy (non-hydrogen) atoms. The predicted octanol–water partition coefficient (Wildman–Crippen LogP) is 3.31. The van der Waals surface area contributed by atoms with E-state index in [1.165, 1.54) is 12.1 Å². The van der Waals surface area contributed by atoms with Gasteiger partial charge in [0.1, 0.15) is 0 Å². The largest absolute Gasteiger partial charge is 0.416 e. The summed E-state index contributed by atoms with van der Waals surface area (Å²) in [5, 5.41) is 3.43. The highest BCUT2D eigenvalue weighted by atomic mass is 19.4. The molecule has 2 saturated heterocycles. The summed E-state index contributed by atoms with van der Waals surface area (Å²) in [7, 11) is 0. The van der Waals surface area contributed by atoms with E-state index < -0.39 is 11.7 Å². The fourth-order valence-corrected chi connectivity index (χ4v) is 3.85. The fourth-order valence-electron chi connectivity index (χ4n) is 3.85. The third kappa shape index (κ3) is 2.69. The smallest absolute Gasteiger partial charge is 0.316 e. The second-order valence-electron chi connectivity index (χ2n) is 6.32. The monoisotopic (exact) mass is 298 g/mol. The first-order valence-corrected chi connectivity index (χ1v) is 7.51. The van der Waals surface area contributed by atoms with Gasteiger partial charge in [0.25, 0.3) is 0 Å². The minimum absolute atomic E-state index is 0.160. The molecule has 3 rings (SSSR count). The van der Waals surface area contributed by atoms with E-state index in [0.29, 0.717) is 17.9 Å². The maximum absolute atomic E-state index is 12.6. The van der Waals surface area contributed by atoms with Crippen LogP contribution in [-0.4, -0.2) is 30.6 Å². The summed E-state index contributed by atoms with van der Waals surface area (Å²) >= 11 is 0. The highest BCUT2D eigenvalue weighted by molar-refractivity contribution is 5.27. The molecule has 4 atom stereocenters. The minimum atomic E-state index is -4.26. The Kier molecular flexibility index (Phi) is 3.74. The van der Waals surface area contributed by atoms with Crippen molar-refractivity contribution in [3.63, 3.8) is 0 Å². The Bertz CT molecular complexity index is 497.